The highest BCUT2D eigenvalue weighted by Gasteiger charge is 2.30. The van der Waals surface area contributed by atoms with Crippen LogP contribution >= 0.6 is 11.8 Å². The first-order chi connectivity index (χ1) is 7.81. The van der Waals surface area contributed by atoms with Gasteiger partial charge in [-0.2, -0.15) is 16.7 Å². The Morgan fingerprint density at radius 1 is 1.56 bits per heavy atom. The minimum absolute atomic E-state index is 0.144. The van der Waals surface area contributed by atoms with Crippen LogP contribution in [0.1, 0.15) is 24.6 Å². The zero-order chi connectivity index (χ0) is 11.4. The van der Waals surface area contributed by atoms with Gasteiger partial charge in [0.25, 0.3) is 0 Å². The first-order valence-electron chi connectivity index (χ1n) is 5.54. The van der Waals surface area contributed by atoms with Crippen LogP contribution in [-0.2, 0) is 11.2 Å². The Hall–Kier alpha value is -0.590. The van der Waals surface area contributed by atoms with Crippen molar-refractivity contribution in [3.63, 3.8) is 0 Å². The molecule has 5 nitrogen and oxygen atoms in total. The van der Waals surface area contributed by atoms with E-state index in [9.17, 15) is 0 Å². The fourth-order valence-electron chi connectivity index (χ4n) is 1.65. The Morgan fingerprint density at radius 3 is 3.12 bits per heavy atom. The molecule has 2 unspecified atom stereocenters. The normalized spacial score (nSPS) is 25.1. The molecule has 90 valence electrons. The third-order valence-electron chi connectivity index (χ3n) is 2.60. The second-order valence-corrected chi connectivity index (χ2v) is 4.88. The minimum atomic E-state index is 0.144. The lowest BCUT2D eigenvalue weighted by Crippen LogP contribution is -2.26. The Kier molecular flexibility index (Phi) is 4.20. The average Bonchev–Trinajstić information content (AvgIpc) is 2.87. The number of nitrogens with zero attached hydrogens (tertiary/aromatic N) is 2. The molecule has 0 bridgehead atoms. The summed E-state index contributed by atoms with van der Waals surface area (Å²) in [5.74, 6) is 3.57. The zero-order valence-electron chi connectivity index (χ0n) is 9.39. The Labute approximate surface area is 99.1 Å². The molecular weight excluding hydrogens is 226 g/mol. The van der Waals surface area contributed by atoms with Crippen LogP contribution in [-0.4, -0.2) is 40.9 Å². The maximum absolute atomic E-state index is 5.97. The number of thioether (sulfide) groups is 1. The summed E-state index contributed by atoms with van der Waals surface area (Å²) in [5, 5.41) is 3.94. The van der Waals surface area contributed by atoms with E-state index in [2.05, 4.69) is 10.1 Å². The molecule has 1 fully saturated rings. The van der Waals surface area contributed by atoms with Gasteiger partial charge in [0.2, 0.25) is 5.89 Å². The van der Waals surface area contributed by atoms with E-state index < -0.39 is 0 Å². The van der Waals surface area contributed by atoms with Gasteiger partial charge in [0.15, 0.2) is 5.82 Å². The monoisotopic (exact) mass is 243 g/mol. The summed E-state index contributed by atoms with van der Waals surface area (Å²) < 4.78 is 10.5. The van der Waals surface area contributed by atoms with E-state index >= 15 is 0 Å². The second kappa shape index (κ2) is 5.65. The van der Waals surface area contributed by atoms with Gasteiger partial charge in [0.05, 0.1) is 12.5 Å². The number of hydrogen-bond acceptors (Lipinski definition) is 6. The first-order valence-corrected chi connectivity index (χ1v) is 6.70. The van der Waals surface area contributed by atoms with Crippen molar-refractivity contribution in [1.82, 2.24) is 10.1 Å². The van der Waals surface area contributed by atoms with E-state index in [4.69, 9.17) is 15.0 Å². The molecule has 2 rings (SSSR count). The fourth-order valence-corrected chi connectivity index (χ4v) is 2.94. The van der Waals surface area contributed by atoms with Crippen LogP contribution in [0.2, 0.25) is 0 Å². The minimum Gasteiger partial charge on any atom is -0.381 e. The summed E-state index contributed by atoms with van der Waals surface area (Å²) in [6, 6.07) is 0.144. The molecule has 1 aromatic heterocycles. The molecule has 0 aromatic carbocycles. The Balaban J connectivity index is 1.91. The standard InChI is InChI=1S/C10H17N3O2S/c1-2-14-4-3-9-12-10(15-13-9)7-5-16-6-8(7)11/h7-8H,2-6,11H2,1H3. The molecule has 0 amide bonds. The van der Waals surface area contributed by atoms with Gasteiger partial charge in [0.1, 0.15) is 0 Å². The molecule has 0 radical (unpaired) electrons. The van der Waals surface area contributed by atoms with E-state index in [1.54, 1.807) is 0 Å². The topological polar surface area (TPSA) is 74.2 Å². The number of rotatable bonds is 5. The molecule has 16 heavy (non-hydrogen) atoms. The molecule has 2 atom stereocenters. The lowest BCUT2D eigenvalue weighted by Gasteiger charge is -2.07. The summed E-state index contributed by atoms with van der Waals surface area (Å²) in [7, 11) is 0. The van der Waals surface area contributed by atoms with Crippen LogP contribution in [0.4, 0.5) is 0 Å². The number of ether oxygens (including phenoxy) is 1. The predicted octanol–water partition coefficient (Wildman–Crippen LogP) is 0.806. The van der Waals surface area contributed by atoms with Crippen LogP contribution in [0.25, 0.3) is 0 Å². The van der Waals surface area contributed by atoms with Gasteiger partial charge in [0, 0.05) is 30.6 Å². The van der Waals surface area contributed by atoms with Crippen molar-refractivity contribution in [3.8, 4) is 0 Å². The van der Waals surface area contributed by atoms with Crippen molar-refractivity contribution in [2.45, 2.75) is 25.3 Å². The van der Waals surface area contributed by atoms with Crippen LogP contribution < -0.4 is 5.73 Å². The van der Waals surface area contributed by atoms with Gasteiger partial charge in [-0.25, -0.2) is 0 Å². The van der Waals surface area contributed by atoms with Gasteiger partial charge >= 0.3 is 0 Å². The highest BCUT2D eigenvalue weighted by molar-refractivity contribution is 7.99. The van der Waals surface area contributed by atoms with Crippen molar-refractivity contribution >= 4 is 11.8 Å². The van der Waals surface area contributed by atoms with Crippen LogP contribution in [0.15, 0.2) is 4.52 Å². The van der Waals surface area contributed by atoms with Crippen molar-refractivity contribution in [2.24, 2.45) is 5.73 Å². The quantitative estimate of drug-likeness (QED) is 0.771. The number of hydrogen-bond donors (Lipinski definition) is 1. The Bertz CT molecular complexity index is 332. The summed E-state index contributed by atoms with van der Waals surface area (Å²) in [4.78, 5) is 4.36. The number of aromatic nitrogens is 2. The van der Waals surface area contributed by atoms with Crippen molar-refractivity contribution in [1.29, 1.82) is 0 Å². The molecule has 0 saturated carbocycles. The van der Waals surface area contributed by atoms with Crippen molar-refractivity contribution < 1.29 is 9.26 Å². The van der Waals surface area contributed by atoms with Gasteiger partial charge in [-0.3, -0.25) is 0 Å². The SMILES string of the molecule is CCOCCc1noc(C2CSCC2N)n1. The molecule has 0 aliphatic carbocycles. The van der Waals surface area contributed by atoms with Crippen LogP contribution in [0.3, 0.4) is 0 Å². The third-order valence-corrected chi connectivity index (χ3v) is 3.82. The molecule has 1 aliphatic rings. The molecule has 1 aromatic rings. The molecule has 6 heteroatoms. The van der Waals surface area contributed by atoms with E-state index in [1.807, 2.05) is 18.7 Å². The lowest BCUT2D eigenvalue weighted by molar-refractivity contribution is 0.149. The lowest BCUT2D eigenvalue weighted by atomic mass is 10.1. The van der Waals surface area contributed by atoms with E-state index in [-0.39, 0.29) is 12.0 Å². The van der Waals surface area contributed by atoms with Gasteiger partial charge < -0.3 is 15.0 Å². The smallest absolute Gasteiger partial charge is 0.232 e. The summed E-state index contributed by atoms with van der Waals surface area (Å²) >= 11 is 1.84. The van der Waals surface area contributed by atoms with Gasteiger partial charge in [-0.1, -0.05) is 5.16 Å². The van der Waals surface area contributed by atoms with E-state index in [0.29, 0.717) is 24.7 Å². The summed E-state index contributed by atoms with van der Waals surface area (Å²) in [6.07, 6.45) is 0.701. The largest absolute Gasteiger partial charge is 0.381 e. The number of nitrogens with two attached hydrogens (primary N) is 1. The fraction of sp³-hybridized carbons (Fsp3) is 0.800. The predicted molar refractivity (Wildman–Crippen MR) is 62.5 cm³/mol. The average molecular weight is 243 g/mol. The van der Waals surface area contributed by atoms with Crippen LogP contribution in [0, 0.1) is 0 Å². The highest BCUT2D eigenvalue weighted by atomic mass is 32.2. The molecule has 1 saturated heterocycles. The third kappa shape index (κ3) is 2.75. The Morgan fingerprint density at radius 2 is 2.44 bits per heavy atom. The second-order valence-electron chi connectivity index (χ2n) is 3.80. The van der Waals surface area contributed by atoms with Crippen molar-refractivity contribution in [3.05, 3.63) is 11.7 Å². The van der Waals surface area contributed by atoms with Crippen molar-refractivity contribution in [2.75, 3.05) is 24.7 Å². The maximum atomic E-state index is 5.97. The van der Waals surface area contributed by atoms with E-state index in [0.717, 1.165) is 18.1 Å². The van der Waals surface area contributed by atoms with Gasteiger partial charge in [-0.15, -0.1) is 0 Å². The zero-order valence-corrected chi connectivity index (χ0v) is 10.2. The molecule has 2 N–H and O–H groups in total. The van der Waals surface area contributed by atoms with Gasteiger partial charge in [-0.05, 0) is 6.92 Å². The summed E-state index contributed by atoms with van der Waals surface area (Å²) in [5.41, 5.74) is 5.97. The molecule has 1 aliphatic heterocycles. The molecule has 0 spiro atoms. The van der Waals surface area contributed by atoms with Crippen LogP contribution in [0.5, 0.6) is 0 Å². The highest BCUT2D eigenvalue weighted by Crippen LogP contribution is 2.30. The first kappa shape index (κ1) is 11.9. The molecular formula is C10H17N3O2S. The van der Waals surface area contributed by atoms with E-state index in [1.165, 1.54) is 0 Å². The maximum Gasteiger partial charge on any atom is 0.232 e. The summed E-state index contributed by atoms with van der Waals surface area (Å²) in [6.45, 7) is 3.33. The molecule has 2 heterocycles.